The minimum absolute atomic E-state index is 0.0601. The molecular weight excluding hydrogens is 344 g/mol. The van der Waals surface area contributed by atoms with E-state index in [1.807, 2.05) is 4.72 Å². The van der Waals surface area contributed by atoms with Gasteiger partial charge in [-0.3, -0.25) is 4.79 Å². The summed E-state index contributed by atoms with van der Waals surface area (Å²) in [6, 6.07) is 3.65. The maximum absolute atomic E-state index is 12.4. The summed E-state index contributed by atoms with van der Waals surface area (Å²) < 4.78 is 52.9. The third-order valence-electron chi connectivity index (χ3n) is 3.00. The van der Waals surface area contributed by atoms with Crippen LogP contribution in [0.2, 0.25) is 0 Å². The predicted octanol–water partition coefficient (Wildman–Crippen LogP) is 0.372. The van der Waals surface area contributed by atoms with Crippen molar-refractivity contribution < 1.29 is 26.7 Å². The molecule has 23 heavy (non-hydrogen) atoms. The number of carboxylic acid groups (broad SMARTS) is 1. The van der Waals surface area contributed by atoms with E-state index in [1.165, 1.54) is 12.1 Å². The highest BCUT2D eigenvalue weighted by atomic mass is 32.2. The van der Waals surface area contributed by atoms with Crippen LogP contribution in [0, 0.1) is 5.92 Å². The van der Waals surface area contributed by atoms with Gasteiger partial charge in [-0.2, -0.15) is 4.72 Å². The fraction of sp³-hybridized carbons (Fsp3) is 0.462. The van der Waals surface area contributed by atoms with Gasteiger partial charge in [0.15, 0.2) is 0 Å². The fourth-order valence-electron chi connectivity index (χ4n) is 1.93. The summed E-state index contributed by atoms with van der Waals surface area (Å²) in [6.07, 6.45) is 0.0789. The highest BCUT2D eigenvalue weighted by Crippen LogP contribution is 2.21. The van der Waals surface area contributed by atoms with E-state index in [-0.39, 0.29) is 12.3 Å². The molecule has 0 radical (unpaired) electrons. The van der Waals surface area contributed by atoms with E-state index in [2.05, 4.69) is 4.72 Å². The van der Waals surface area contributed by atoms with Gasteiger partial charge in [0.1, 0.15) is 15.8 Å². The Kier molecular flexibility index (Phi) is 6.28. The first-order valence-corrected chi connectivity index (χ1v) is 9.75. The van der Waals surface area contributed by atoms with Crippen molar-refractivity contribution in [2.75, 3.05) is 7.05 Å². The number of sulfonamides is 2. The largest absolute Gasteiger partial charge is 0.480 e. The summed E-state index contributed by atoms with van der Waals surface area (Å²) in [5.74, 6) is -1.38. The number of carbonyl (C=O) groups is 1. The Morgan fingerprint density at radius 3 is 1.96 bits per heavy atom. The van der Waals surface area contributed by atoms with Crippen LogP contribution in [0.1, 0.15) is 20.3 Å². The van der Waals surface area contributed by atoms with E-state index in [0.29, 0.717) is 0 Å². The maximum atomic E-state index is 12.4. The standard InChI is InChI=1S/C13H20N2O6S2/c1-9(2)8-10(13(16)17)15-23(20,21)12-7-5-4-6-11(12)22(18,19)14-3/h4-7,9-10,14-15H,8H2,1-3H3,(H,16,17). The van der Waals surface area contributed by atoms with E-state index in [4.69, 9.17) is 5.11 Å². The molecule has 10 heteroatoms. The average Bonchev–Trinajstić information content (AvgIpc) is 2.45. The van der Waals surface area contributed by atoms with Crippen LogP contribution in [0.15, 0.2) is 34.1 Å². The van der Waals surface area contributed by atoms with Crippen molar-refractivity contribution >= 4 is 26.0 Å². The van der Waals surface area contributed by atoms with Crippen LogP contribution in [-0.4, -0.2) is 41.0 Å². The second-order valence-electron chi connectivity index (χ2n) is 5.30. The number of hydrogen-bond acceptors (Lipinski definition) is 5. The van der Waals surface area contributed by atoms with Crippen LogP contribution in [0.5, 0.6) is 0 Å². The third kappa shape index (κ3) is 4.99. The summed E-state index contributed by atoms with van der Waals surface area (Å²) >= 11 is 0. The summed E-state index contributed by atoms with van der Waals surface area (Å²) in [7, 11) is -7.17. The Balaban J connectivity index is 3.32. The second-order valence-corrected chi connectivity index (χ2v) is 8.83. The molecule has 1 unspecified atom stereocenters. The Hall–Kier alpha value is -1.49. The minimum Gasteiger partial charge on any atom is -0.480 e. The zero-order valence-electron chi connectivity index (χ0n) is 13.0. The van der Waals surface area contributed by atoms with E-state index < -0.39 is 41.8 Å². The minimum atomic E-state index is -4.32. The first-order valence-electron chi connectivity index (χ1n) is 6.79. The second kappa shape index (κ2) is 7.39. The molecule has 8 nitrogen and oxygen atoms in total. The summed E-state index contributed by atoms with van der Waals surface area (Å²) in [5, 5.41) is 9.15. The Bertz CT molecular complexity index is 771. The van der Waals surface area contributed by atoms with Gasteiger partial charge in [0.25, 0.3) is 0 Å². The fourth-order valence-corrected chi connectivity index (χ4v) is 4.68. The van der Waals surface area contributed by atoms with Gasteiger partial charge in [0, 0.05) is 0 Å². The SMILES string of the molecule is CNS(=O)(=O)c1ccccc1S(=O)(=O)NC(CC(C)C)C(=O)O. The topological polar surface area (TPSA) is 130 Å². The van der Waals surface area contributed by atoms with Crippen LogP contribution < -0.4 is 9.44 Å². The van der Waals surface area contributed by atoms with Gasteiger partial charge >= 0.3 is 5.97 Å². The molecule has 0 bridgehead atoms. The smallest absolute Gasteiger partial charge is 0.321 e. The van der Waals surface area contributed by atoms with Crippen molar-refractivity contribution in [1.29, 1.82) is 0 Å². The zero-order valence-corrected chi connectivity index (χ0v) is 14.6. The highest BCUT2D eigenvalue weighted by molar-refractivity contribution is 7.92. The van der Waals surface area contributed by atoms with Crippen LogP contribution in [0.3, 0.4) is 0 Å². The molecule has 0 aliphatic heterocycles. The van der Waals surface area contributed by atoms with Gasteiger partial charge in [-0.05, 0) is 31.5 Å². The number of carboxylic acids is 1. The van der Waals surface area contributed by atoms with Gasteiger partial charge in [0.2, 0.25) is 20.0 Å². The van der Waals surface area contributed by atoms with E-state index in [0.717, 1.165) is 19.2 Å². The van der Waals surface area contributed by atoms with Crippen molar-refractivity contribution in [3.8, 4) is 0 Å². The van der Waals surface area contributed by atoms with Gasteiger partial charge in [-0.15, -0.1) is 0 Å². The summed E-state index contributed by atoms with van der Waals surface area (Å²) in [6.45, 7) is 3.51. The number of aliphatic carboxylic acids is 1. The normalized spacial score (nSPS) is 13.9. The lowest BCUT2D eigenvalue weighted by Gasteiger charge is -2.18. The molecule has 1 atom stereocenters. The Morgan fingerprint density at radius 1 is 1.09 bits per heavy atom. The molecule has 0 heterocycles. The number of rotatable bonds is 8. The maximum Gasteiger partial charge on any atom is 0.321 e. The molecular formula is C13H20N2O6S2. The highest BCUT2D eigenvalue weighted by Gasteiger charge is 2.30. The lowest BCUT2D eigenvalue weighted by Crippen LogP contribution is -2.42. The van der Waals surface area contributed by atoms with Crippen LogP contribution in [0.4, 0.5) is 0 Å². The first kappa shape index (κ1) is 19.6. The number of hydrogen-bond donors (Lipinski definition) is 3. The van der Waals surface area contributed by atoms with Gasteiger partial charge < -0.3 is 5.11 Å². The Morgan fingerprint density at radius 2 is 1.57 bits per heavy atom. The molecule has 0 amide bonds. The summed E-state index contributed by atoms with van der Waals surface area (Å²) in [4.78, 5) is 10.3. The molecule has 3 N–H and O–H groups in total. The van der Waals surface area contributed by atoms with Crippen molar-refractivity contribution in [3.05, 3.63) is 24.3 Å². The molecule has 1 rings (SSSR count). The lowest BCUT2D eigenvalue weighted by molar-refractivity contribution is -0.139. The van der Waals surface area contributed by atoms with Crippen LogP contribution in [0.25, 0.3) is 0 Å². The van der Waals surface area contributed by atoms with Crippen LogP contribution >= 0.6 is 0 Å². The molecule has 1 aromatic carbocycles. The van der Waals surface area contributed by atoms with Crippen molar-refractivity contribution in [3.63, 3.8) is 0 Å². The van der Waals surface area contributed by atoms with E-state index >= 15 is 0 Å². The first-order chi connectivity index (χ1) is 10.5. The molecule has 0 aliphatic carbocycles. The van der Waals surface area contributed by atoms with Gasteiger partial charge in [0.05, 0.1) is 0 Å². The average molecular weight is 364 g/mol. The molecule has 0 saturated carbocycles. The molecule has 0 aromatic heterocycles. The zero-order chi connectivity index (χ0) is 17.8. The number of benzene rings is 1. The van der Waals surface area contributed by atoms with Crippen molar-refractivity contribution in [2.45, 2.75) is 36.1 Å². The number of nitrogens with one attached hydrogen (secondary N) is 2. The molecule has 130 valence electrons. The molecule has 1 aromatic rings. The third-order valence-corrected chi connectivity index (χ3v) is 6.13. The lowest BCUT2D eigenvalue weighted by atomic mass is 10.1. The van der Waals surface area contributed by atoms with E-state index in [1.54, 1.807) is 13.8 Å². The summed E-state index contributed by atoms with van der Waals surface area (Å²) in [5.41, 5.74) is 0. The quantitative estimate of drug-likeness (QED) is 0.611. The molecule has 0 spiro atoms. The molecule has 0 fully saturated rings. The van der Waals surface area contributed by atoms with Crippen molar-refractivity contribution in [2.24, 2.45) is 5.92 Å². The Labute approximate surface area is 136 Å². The predicted molar refractivity (Wildman–Crippen MR) is 83.9 cm³/mol. The van der Waals surface area contributed by atoms with Crippen LogP contribution in [-0.2, 0) is 24.8 Å². The van der Waals surface area contributed by atoms with E-state index in [9.17, 15) is 21.6 Å². The van der Waals surface area contributed by atoms with Crippen molar-refractivity contribution in [1.82, 2.24) is 9.44 Å². The molecule has 0 saturated heterocycles. The van der Waals surface area contributed by atoms with Gasteiger partial charge in [-0.25, -0.2) is 21.6 Å². The monoisotopic (exact) mass is 364 g/mol. The van der Waals surface area contributed by atoms with Gasteiger partial charge in [-0.1, -0.05) is 26.0 Å². The molecule has 0 aliphatic rings.